The van der Waals surface area contributed by atoms with Gasteiger partial charge in [-0.05, 0) is 24.3 Å². The van der Waals surface area contributed by atoms with Crippen molar-refractivity contribution in [3.63, 3.8) is 0 Å². The first-order chi connectivity index (χ1) is 12.3. The second kappa shape index (κ2) is 6.56. The van der Waals surface area contributed by atoms with E-state index in [0.717, 1.165) is 16.9 Å². The van der Waals surface area contributed by atoms with Crippen LogP contribution in [0.15, 0.2) is 63.5 Å². The molecule has 0 amide bonds. The van der Waals surface area contributed by atoms with Crippen LogP contribution in [0.2, 0.25) is 0 Å². The predicted molar refractivity (Wildman–Crippen MR) is 88.5 cm³/mol. The number of aryl methyl sites for hydroxylation is 1. The van der Waals surface area contributed by atoms with Gasteiger partial charge >= 0.3 is 0 Å². The highest BCUT2D eigenvalue weighted by Gasteiger charge is 2.17. The van der Waals surface area contributed by atoms with E-state index in [0.29, 0.717) is 23.5 Å². The molecule has 0 unspecified atom stereocenters. The average molecular weight is 334 g/mol. The van der Waals surface area contributed by atoms with E-state index < -0.39 is 0 Å². The minimum atomic E-state index is 0.218. The van der Waals surface area contributed by atoms with E-state index in [1.807, 2.05) is 54.6 Å². The predicted octanol–water partition coefficient (Wildman–Crippen LogP) is 3.67. The molecule has 7 nitrogen and oxygen atoms in total. The molecule has 0 aliphatic rings. The second-order valence-electron chi connectivity index (χ2n) is 5.29. The zero-order valence-corrected chi connectivity index (χ0v) is 13.4. The van der Waals surface area contributed by atoms with Crippen LogP contribution in [-0.4, -0.2) is 20.3 Å². The third kappa shape index (κ3) is 3.25. The van der Waals surface area contributed by atoms with E-state index in [4.69, 9.17) is 13.7 Å². The van der Waals surface area contributed by atoms with Gasteiger partial charge in [0.2, 0.25) is 17.6 Å². The van der Waals surface area contributed by atoms with Crippen LogP contribution in [0.25, 0.3) is 22.9 Å². The zero-order valence-electron chi connectivity index (χ0n) is 13.4. The number of hydrogen-bond donors (Lipinski definition) is 0. The molecule has 0 fully saturated rings. The first-order valence-electron chi connectivity index (χ1n) is 7.70. The SMILES string of the molecule is Cc1nnc(-c2ccccc2-c2nc(COc3ccccc3)no2)o1. The van der Waals surface area contributed by atoms with Crippen LogP contribution in [-0.2, 0) is 6.61 Å². The molecule has 2 heterocycles. The third-order valence-corrected chi connectivity index (χ3v) is 3.49. The van der Waals surface area contributed by atoms with Crippen LogP contribution in [0.1, 0.15) is 11.7 Å². The summed E-state index contributed by atoms with van der Waals surface area (Å²) in [6, 6.07) is 17.0. The van der Waals surface area contributed by atoms with Crippen molar-refractivity contribution < 1.29 is 13.7 Å². The van der Waals surface area contributed by atoms with Crippen LogP contribution in [0.4, 0.5) is 0 Å². The van der Waals surface area contributed by atoms with Crippen molar-refractivity contribution in [1.82, 2.24) is 20.3 Å². The number of para-hydroxylation sites is 1. The fraction of sp³-hybridized carbons (Fsp3) is 0.111. The molecule has 0 aliphatic heterocycles. The van der Waals surface area contributed by atoms with Crippen molar-refractivity contribution in [3.05, 3.63) is 66.3 Å². The van der Waals surface area contributed by atoms with Crippen LogP contribution in [0.3, 0.4) is 0 Å². The summed E-state index contributed by atoms with van der Waals surface area (Å²) in [6.07, 6.45) is 0. The summed E-state index contributed by atoms with van der Waals surface area (Å²) >= 11 is 0. The number of ether oxygens (including phenoxy) is 1. The van der Waals surface area contributed by atoms with Crippen molar-refractivity contribution >= 4 is 0 Å². The van der Waals surface area contributed by atoms with Gasteiger partial charge in [0.1, 0.15) is 5.75 Å². The molecular weight excluding hydrogens is 320 g/mol. The van der Waals surface area contributed by atoms with Gasteiger partial charge in [-0.25, -0.2) is 0 Å². The minimum absolute atomic E-state index is 0.218. The minimum Gasteiger partial charge on any atom is -0.485 e. The molecule has 2 aromatic heterocycles. The number of aromatic nitrogens is 4. The highest BCUT2D eigenvalue weighted by atomic mass is 16.5. The van der Waals surface area contributed by atoms with E-state index in [-0.39, 0.29) is 6.61 Å². The Morgan fingerprint density at radius 1 is 0.880 bits per heavy atom. The summed E-state index contributed by atoms with van der Waals surface area (Å²) < 4.78 is 16.5. The average Bonchev–Trinajstić information content (AvgIpc) is 3.30. The second-order valence-corrected chi connectivity index (χ2v) is 5.29. The van der Waals surface area contributed by atoms with E-state index in [1.165, 1.54) is 0 Å². The molecule has 0 aliphatic carbocycles. The van der Waals surface area contributed by atoms with Crippen LogP contribution in [0, 0.1) is 6.92 Å². The van der Waals surface area contributed by atoms with Crippen LogP contribution < -0.4 is 4.74 Å². The first-order valence-corrected chi connectivity index (χ1v) is 7.70. The van der Waals surface area contributed by atoms with Crippen LogP contribution >= 0.6 is 0 Å². The molecule has 4 rings (SSSR count). The topological polar surface area (TPSA) is 87.1 Å². The Kier molecular flexibility index (Phi) is 3.96. The van der Waals surface area contributed by atoms with Crippen molar-refractivity contribution in [2.45, 2.75) is 13.5 Å². The number of benzene rings is 2. The fourth-order valence-electron chi connectivity index (χ4n) is 2.35. The Hall–Kier alpha value is -3.48. The quantitative estimate of drug-likeness (QED) is 0.550. The van der Waals surface area contributed by atoms with Crippen molar-refractivity contribution in [1.29, 1.82) is 0 Å². The maximum Gasteiger partial charge on any atom is 0.258 e. The van der Waals surface area contributed by atoms with Gasteiger partial charge in [-0.3, -0.25) is 0 Å². The van der Waals surface area contributed by atoms with Gasteiger partial charge in [0.05, 0.1) is 11.1 Å². The molecule has 2 aromatic carbocycles. The lowest BCUT2D eigenvalue weighted by atomic mass is 10.1. The first kappa shape index (κ1) is 15.1. The standard InChI is InChI=1S/C18H14N4O3/c1-12-20-21-18(24-12)15-10-6-5-9-14(15)17-19-16(22-25-17)11-23-13-7-3-2-4-8-13/h2-10H,11H2,1H3. The summed E-state index contributed by atoms with van der Waals surface area (Å²) in [5, 5.41) is 11.9. The molecule has 0 saturated carbocycles. The van der Waals surface area contributed by atoms with Gasteiger partial charge in [0, 0.05) is 6.92 Å². The number of hydrogen-bond acceptors (Lipinski definition) is 7. The lowest BCUT2D eigenvalue weighted by Crippen LogP contribution is -1.97. The highest BCUT2D eigenvalue weighted by Crippen LogP contribution is 2.30. The molecule has 0 N–H and O–H groups in total. The van der Waals surface area contributed by atoms with Crippen molar-refractivity contribution in [2.75, 3.05) is 0 Å². The Labute approximate surface area is 143 Å². The lowest BCUT2D eigenvalue weighted by molar-refractivity contribution is 0.287. The summed E-state index contributed by atoms with van der Waals surface area (Å²) in [6.45, 7) is 1.96. The maximum atomic E-state index is 5.63. The summed E-state index contributed by atoms with van der Waals surface area (Å²) in [5.74, 6) is 2.48. The molecule has 124 valence electrons. The molecule has 25 heavy (non-hydrogen) atoms. The summed E-state index contributed by atoms with van der Waals surface area (Å²) in [5.41, 5.74) is 1.46. The Morgan fingerprint density at radius 2 is 1.60 bits per heavy atom. The van der Waals surface area contributed by atoms with Gasteiger partial charge in [-0.1, -0.05) is 35.5 Å². The molecule has 0 saturated heterocycles. The van der Waals surface area contributed by atoms with Gasteiger partial charge in [-0.2, -0.15) is 4.98 Å². The van der Waals surface area contributed by atoms with E-state index in [2.05, 4.69) is 20.3 Å². The van der Waals surface area contributed by atoms with E-state index in [1.54, 1.807) is 6.92 Å². The Morgan fingerprint density at radius 3 is 2.32 bits per heavy atom. The molecule has 0 radical (unpaired) electrons. The van der Waals surface area contributed by atoms with Crippen molar-refractivity contribution in [3.8, 4) is 28.7 Å². The van der Waals surface area contributed by atoms with Crippen LogP contribution in [0.5, 0.6) is 5.75 Å². The highest BCUT2D eigenvalue weighted by molar-refractivity contribution is 5.75. The van der Waals surface area contributed by atoms with Gasteiger partial charge in [0.15, 0.2) is 6.61 Å². The molecule has 0 bridgehead atoms. The smallest absolute Gasteiger partial charge is 0.258 e. The third-order valence-electron chi connectivity index (χ3n) is 3.49. The summed E-state index contributed by atoms with van der Waals surface area (Å²) in [7, 11) is 0. The fourth-order valence-corrected chi connectivity index (χ4v) is 2.35. The van der Waals surface area contributed by atoms with E-state index >= 15 is 0 Å². The summed E-state index contributed by atoms with van der Waals surface area (Å²) in [4.78, 5) is 4.40. The van der Waals surface area contributed by atoms with Gasteiger partial charge < -0.3 is 13.7 Å². The normalized spacial score (nSPS) is 10.8. The Bertz CT molecular complexity index is 979. The number of rotatable bonds is 5. The van der Waals surface area contributed by atoms with Gasteiger partial charge in [-0.15, -0.1) is 10.2 Å². The molecule has 0 spiro atoms. The number of nitrogens with zero attached hydrogens (tertiary/aromatic N) is 4. The molecule has 4 aromatic rings. The van der Waals surface area contributed by atoms with Gasteiger partial charge in [0.25, 0.3) is 5.89 Å². The largest absolute Gasteiger partial charge is 0.485 e. The van der Waals surface area contributed by atoms with E-state index in [9.17, 15) is 0 Å². The lowest BCUT2D eigenvalue weighted by Gasteiger charge is -2.02. The zero-order chi connectivity index (χ0) is 17.1. The molecular formula is C18H14N4O3. The monoisotopic (exact) mass is 334 g/mol. The molecule has 0 atom stereocenters. The Balaban J connectivity index is 1.58. The molecule has 7 heteroatoms. The maximum absolute atomic E-state index is 5.63. The van der Waals surface area contributed by atoms with Crippen molar-refractivity contribution in [2.24, 2.45) is 0 Å².